The summed E-state index contributed by atoms with van der Waals surface area (Å²) in [4.78, 5) is 4.78. The van der Waals surface area contributed by atoms with E-state index in [4.69, 9.17) is 10.5 Å². The number of hydrogen-bond acceptors (Lipinski definition) is 5. The Balaban J connectivity index is 1.67. The number of benzene rings is 1. The maximum atomic E-state index is 10.1. The van der Waals surface area contributed by atoms with Crippen molar-refractivity contribution < 1.29 is 9.84 Å². The van der Waals surface area contributed by atoms with Crippen molar-refractivity contribution in [3.8, 4) is 5.75 Å². The number of hydrogen-bond donors (Lipinski definition) is 2. The summed E-state index contributed by atoms with van der Waals surface area (Å²) < 4.78 is 5.58. The van der Waals surface area contributed by atoms with E-state index in [1.807, 2.05) is 18.2 Å². The Morgan fingerprint density at radius 2 is 1.95 bits per heavy atom. The Bertz CT molecular complexity index is 420. The molecule has 1 atom stereocenters. The molecule has 1 saturated heterocycles. The van der Waals surface area contributed by atoms with Gasteiger partial charge in [0.05, 0.1) is 0 Å². The van der Waals surface area contributed by atoms with Crippen LogP contribution in [-0.2, 0) is 0 Å². The summed E-state index contributed by atoms with van der Waals surface area (Å²) >= 11 is 0. The van der Waals surface area contributed by atoms with E-state index in [1.54, 1.807) is 6.07 Å². The predicted octanol–water partition coefficient (Wildman–Crippen LogP) is 1.04. The highest BCUT2D eigenvalue weighted by atomic mass is 16.5. The second-order valence-corrected chi connectivity index (χ2v) is 5.68. The molecule has 0 bridgehead atoms. The minimum Gasteiger partial charge on any atom is -0.491 e. The van der Waals surface area contributed by atoms with Gasteiger partial charge in [-0.15, -0.1) is 0 Å². The van der Waals surface area contributed by atoms with Crippen molar-refractivity contribution in [3.05, 3.63) is 24.3 Å². The van der Waals surface area contributed by atoms with Gasteiger partial charge in [-0.3, -0.25) is 4.90 Å². The topological polar surface area (TPSA) is 62.0 Å². The smallest absolute Gasteiger partial charge is 0.121 e. The maximum absolute atomic E-state index is 10.1. The van der Waals surface area contributed by atoms with Crippen LogP contribution in [0.1, 0.15) is 13.3 Å². The number of nitrogens with two attached hydrogens (primary N) is 1. The van der Waals surface area contributed by atoms with Gasteiger partial charge in [0.15, 0.2) is 0 Å². The van der Waals surface area contributed by atoms with Gasteiger partial charge in [0.1, 0.15) is 18.5 Å². The average Bonchev–Trinajstić information content (AvgIpc) is 2.48. The van der Waals surface area contributed by atoms with Gasteiger partial charge in [-0.1, -0.05) is 13.0 Å². The molecule has 0 radical (unpaired) electrons. The van der Waals surface area contributed by atoms with Crippen LogP contribution in [0.15, 0.2) is 24.3 Å². The van der Waals surface area contributed by atoms with E-state index in [-0.39, 0.29) is 0 Å². The van der Waals surface area contributed by atoms with E-state index in [1.165, 1.54) is 13.0 Å². The standard InChI is InChI=1S/C16H27N3O2/c1-2-6-18-7-9-19(10-8-18)12-15(20)13-21-16-5-3-4-14(17)11-16/h3-5,11,15,20H,2,6-10,12-13,17H2,1H3. The first-order valence-electron chi connectivity index (χ1n) is 7.78. The molecule has 0 aromatic heterocycles. The van der Waals surface area contributed by atoms with Crippen molar-refractivity contribution >= 4 is 5.69 Å². The van der Waals surface area contributed by atoms with E-state index in [2.05, 4.69) is 16.7 Å². The molecule has 5 nitrogen and oxygen atoms in total. The predicted molar refractivity (Wildman–Crippen MR) is 85.5 cm³/mol. The lowest BCUT2D eigenvalue weighted by Crippen LogP contribution is -2.49. The molecule has 0 saturated carbocycles. The zero-order chi connectivity index (χ0) is 15.1. The highest BCUT2D eigenvalue weighted by Crippen LogP contribution is 2.14. The lowest BCUT2D eigenvalue weighted by molar-refractivity contribution is 0.0461. The van der Waals surface area contributed by atoms with Crippen molar-refractivity contribution in [1.82, 2.24) is 9.80 Å². The highest BCUT2D eigenvalue weighted by Gasteiger charge is 2.18. The first-order chi connectivity index (χ1) is 10.2. The second-order valence-electron chi connectivity index (χ2n) is 5.68. The minimum absolute atomic E-state index is 0.304. The quantitative estimate of drug-likeness (QED) is 0.736. The van der Waals surface area contributed by atoms with Crippen LogP contribution in [0.4, 0.5) is 5.69 Å². The fourth-order valence-electron chi connectivity index (χ4n) is 2.66. The van der Waals surface area contributed by atoms with Crippen molar-refractivity contribution in [2.75, 3.05) is 51.6 Å². The van der Waals surface area contributed by atoms with Gasteiger partial charge in [-0.2, -0.15) is 0 Å². The van der Waals surface area contributed by atoms with E-state index in [0.29, 0.717) is 24.6 Å². The number of β-amino-alcohol motifs (C(OH)–C–C–N with tert-alkyl or cyclic N) is 1. The number of ether oxygens (including phenoxy) is 1. The Hall–Kier alpha value is -1.30. The zero-order valence-electron chi connectivity index (χ0n) is 12.9. The summed E-state index contributed by atoms with van der Waals surface area (Å²) in [5, 5.41) is 10.1. The Labute approximate surface area is 127 Å². The number of aliphatic hydroxyl groups is 1. The van der Waals surface area contributed by atoms with Gasteiger partial charge < -0.3 is 20.5 Å². The molecule has 1 fully saturated rings. The van der Waals surface area contributed by atoms with Gasteiger partial charge in [0.2, 0.25) is 0 Å². The number of nitrogens with zero attached hydrogens (tertiary/aromatic N) is 2. The molecular weight excluding hydrogens is 266 g/mol. The van der Waals surface area contributed by atoms with Crippen LogP contribution in [0.25, 0.3) is 0 Å². The largest absolute Gasteiger partial charge is 0.491 e. The van der Waals surface area contributed by atoms with Crippen molar-refractivity contribution in [1.29, 1.82) is 0 Å². The normalized spacial score (nSPS) is 18.6. The van der Waals surface area contributed by atoms with Gasteiger partial charge in [0, 0.05) is 44.5 Å². The van der Waals surface area contributed by atoms with Crippen LogP contribution in [0.5, 0.6) is 5.75 Å². The fourth-order valence-corrected chi connectivity index (χ4v) is 2.66. The minimum atomic E-state index is -0.468. The number of piperazine rings is 1. The fraction of sp³-hybridized carbons (Fsp3) is 0.625. The third-order valence-electron chi connectivity index (χ3n) is 3.77. The van der Waals surface area contributed by atoms with Crippen molar-refractivity contribution in [2.24, 2.45) is 0 Å². The van der Waals surface area contributed by atoms with Crippen LogP contribution in [0.2, 0.25) is 0 Å². The molecule has 2 rings (SSSR count). The molecule has 1 aromatic carbocycles. The third-order valence-corrected chi connectivity index (χ3v) is 3.77. The third kappa shape index (κ3) is 5.53. The lowest BCUT2D eigenvalue weighted by atomic mass is 10.2. The van der Waals surface area contributed by atoms with E-state index >= 15 is 0 Å². The van der Waals surface area contributed by atoms with Crippen LogP contribution in [0, 0.1) is 0 Å². The Kier molecular flexibility index (Phi) is 6.29. The van der Waals surface area contributed by atoms with Crippen LogP contribution in [0.3, 0.4) is 0 Å². The summed E-state index contributed by atoms with van der Waals surface area (Å²) in [5.74, 6) is 0.710. The van der Waals surface area contributed by atoms with E-state index in [9.17, 15) is 5.11 Å². The number of anilines is 1. The van der Waals surface area contributed by atoms with Gasteiger partial charge >= 0.3 is 0 Å². The van der Waals surface area contributed by atoms with Gasteiger partial charge in [-0.05, 0) is 25.1 Å². The summed E-state index contributed by atoms with van der Waals surface area (Å²) in [6, 6.07) is 7.30. The molecule has 118 valence electrons. The molecule has 0 aliphatic carbocycles. The molecule has 1 aliphatic heterocycles. The molecule has 1 unspecified atom stereocenters. The second kappa shape index (κ2) is 8.22. The molecule has 5 heteroatoms. The number of aliphatic hydroxyl groups excluding tert-OH is 1. The van der Waals surface area contributed by atoms with Gasteiger partial charge in [0.25, 0.3) is 0 Å². The summed E-state index contributed by atoms with van der Waals surface area (Å²) in [6.45, 7) is 8.59. The summed E-state index contributed by atoms with van der Waals surface area (Å²) in [5.41, 5.74) is 6.37. The molecular formula is C16H27N3O2. The first kappa shape index (κ1) is 16.1. The van der Waals surface area contributed by atoms with E-state index < -0.39 is 6.10 Å². The summed E-state index contributed by atoms with van der Waals surface area (Å²) in [7, 11) is 0. The molecule has 0 amide bonds. The Morgan fingerprint density at radius 3 is 2.62 bits per heavy atom. The van der Waals surface area contributed by atoms with Crippen LogP contribution >= 0.6 is 0 Å². The van der Waals surface area contributed by atoms with Gasteiger partial charge in [-0.25, -0.2) is 0 Å². The molecule has 1 aliphatic rings. The van der Waals surface area contributed by atoms with Crippen molar-refractivity contribution in [3.63, 3.8) is 0 Å². The SMILES string of the molecule is CCCN1CCN(CC(O)COc2cccc(N)c2)CC1. The average molecular weight is 293 g/mol. The van der Waals surface area contributed by atoms with E-state index in [0.717, 1.165) is 26.2 Å². The molecule has 21 heavy (non-hydrogen) atoms. The monoisotopic (exact) mass is 293 g/mol. The number of nitrogen functional groups attached to an aromatic ring is 1. The highest BCUT2D eigenvalue weighted by molar-refractivity contribution is 5.43. The maximum Gasteiger partial charge on any atom is 0.121 e. The first-order valence-corrected chi connectivity index (χ1v) is 7.78. The number of rotatable bonds is 7. The molecule has 0 spiro atoms. The van der Waals surface area contributed by atoms with Crippen molar-refractivity contribution in [2.45, 2.75) is 19.4 Å². The van der Waals surface area contributed by atoms with Crippen LogP contribution in [-0.4, -0.2) is 66.9 Å². The molecule has 3 N–H and O–H groups in total. The molecule has 1 heterocycles. The Morgan fingerprint density at radius 1 is 1.24 bits per heavy atom. The van der Waals surface area contributed by atoms with Crippen LogP contribution < -0.4 is 10.5 Å². The molecule has 1 aromatic rings. The summed E-state index contributed by atoms with van der Waals surface area (Å²) in [6.07, 6.45) is 0.737. The zero-order valence-corrected chi connectivity index (χ0v) is 12.9. The lowest BCUT2D eigenvalue weighted by Gasteiger charge is -2.35.